The number of piperazine rings is 1. The summed E-state index contributed by atoms with van der Waals surface area (Å²) in [4.78, 5) is 20.7. The molecule has 0 atom stereocenters. The van der Waals surface area contributed by atoms with Gasteiger partial charge in [-0.2, -0.15) is 5.10 Å². The SMILES string of the molecule is O=C(c1cc2ccccc2[nH]1)N1CCN(Cc2nn(-c3ccccc3)c3c2CCC3)CC1. The Bertz CT molecular complexity index is 1230. The summed E-state index contributed by atoms with van der Waals surface area (Å²) in [5.74, 6) is 0.0927. The van der Waals surface area contributed by atoms with Gasteiger partial charge in [-0.3, -0.25) is 9.69 Å². The normalized spacial score (nSPS) is 16.6. The van der Waals surface area contributed by atoms with Crippen molar-refractivity contribution in [1.82, 2.24) is 24.6 Å². The lowest BCUT2D eigenvalue weighted by molar-refractivity contribution is 0.0622. The number of nitrogens with zero attached hydrogens (tertiary/aromatic N) is 4. The van der Waals surface area contributed by atoms with Gasteiger partial charge in [-0.05, 0) is 49.1 Å². The van der Waals surface area contributed by atoms with Gasteiger partial charge in [-0.1, -0.05) is 36.4 Å². The summed E-state index contributed by atoms with van der Waals surface area (Å²) in [5, 5.41) is 6.09. The average Bonchev–Trinajstić information content (AvgIpc) is 3.56. The Morgan fingerprint density at radius 1 is 0.938 bits per heavy atom. The van der Waals surface area contributed by atoms with Gasteiger partial charge >= 0.3 is 0 Å². The van der Waals surface area contributed by atoms with Crippen LogP contribution >= 0.6 is 0 Å². The molecule has 6 nitrogen and oxygen atoms in total. The van der Waals surface area contributed by atoms with Crippen LogP contribution in [0.25, 0.3) is 16.6 Å². The fourth-order valence-corrected chi connectivity index (χ4v) is 5.10. The lowest BCUT2D eigenvalue weighted by Gasteiger charge is -2.34. The highest BCUT2D eigenvalue weighted by molar-refractivity contribution is 5.98. The third-order valence-corrected chi connectivity index (χ3v) is 6.81. The van der Waals surface area contributed by atoms with Crippen molar-refractivity contribution in [2.75, 3.05) is 26.2 Å². The zero-order valence-electron chi connectivity index (χ0n) is 18.1. The molecule has 0 saturated carbocycles. The van der Waals surface area contributed by atoms with Crippen LogP contribution < -0.4 is 0 Å². The number of hydrogen-bond acceptors (Lipinski definition) is 3. The second kappa shape index (κ2) is 7.95. The number of benzene rings is 2. The van der Waals surface area contributed by atoms with Crippen LogP contribution in [0.15, 0.2) is 60.7 Å². The van der Waals surface area contributed by atoms with Crippen LogP contribution in [-0.2, 0) is 19.4 Å². The lowest BCUT2D eigenvalue weighted by Crippen LogP contribution is -2.48. The molecule has 2 aromatic heterocycles. The standard InChI is InChI=1S/C26H27N5O/c32-26(23-17-19-7-4-5-11-22(19)27-23)30-15-13-29(14-16-30)18-24-21-10-6-12-25(21)31(28-24)20-8-2-1-3-9-20/h1-5,7-9,11,17,27H,6,10,12-16,18H2. The van der Waals surface area contributed by atoms with Crippen molar-refractivity contribution in [3.8, 4) is 5.69 Å². The molecule has 1 aliphatic carbocycles. The minimum atomic E-state index is 0.0927. The maximum Gasteiger partial charge on any atom is 0.270 e. The number of carbonyl (C=O) groups excluding carboxylic acids is 1. The molecule has 1 aliphatic heterocycles. The molecule has 1 N–H and O–H groups in total. The number of nitrogens with one attached hydrogen (secondary N) is 1. The predicted octanol–water partition coefficient (Wildman–Crippen LogP) is 3.80. The fourth-order valence-electron chi connectivity index (χ4n) is 5.10. The number of aromatic amines is 1. The Labute approximate surface area is 187 Å². The van der Waals surface area contributed by atoms with E-state index in [1.165, 1.54) is 23.4 Å². The molecule has 4 aromatic rings. The molecule has 32 heavy (non-hydrogen) atoms. The predicted molar refractivity (Wildman–Crippen MR) is 125 cm³/mol. The minimum absolute atomic E-state index is 0.0927. The van der Waals surface area contributed by atoms with Crippen LogP contribution in [0.2, 0.25) is 0 Å². The van der Waals surface area contributed by atoms with Gasteiger partial charge < -0.3 is 9.88 Å². The third-order valence-electron chi connectivity index (χ3n) is 6.81. The fraction of sp³-hybridized carbons (Fsp3) is 0.308. The number of amides is 1. The summed E-state index contributed by atoms with van der Waals surface area (Å²) in [6, 6.07) is 20.4. The van der Waals surface area contributed by atoms with Gasteiger partial charge in [-0.25, -0.2) is 4.68 Å². The lowest BCUT2D eigenvalue weighted by atomic mass is 10.1. The first kappa shape index (κ1) is 19.3. The van der Waals surface area contributed by atoms with Crippen molar-refractivity contribution in [3.05, 3.63) is 83.3 Å². The molecule has 0 radical (unpaired) electrons. The van der Waals surface area contributed by atoms with Gasteiger partial charge in [0, 0.05) is 49.3 Å². The molecule has 3 heterocycles. The van der Waals surface area contributed by atoms with Crippen LogP contribution in [-0.4, -0.2) is 56.7 Å². The third kappa shape index (κ3) is 3.41. The molecule has 2 aromatic carbocycles. The zero-order valence-corrected chi connectivity index (χ0v) is 18.1. The van der Waals surface area contributed by atoms with Gasteiger partial charge in [0.15, 0.2) is 0 Å². The minimum Gasteiger partial charge on any atom is -0.351 e. The van der Waals surface area contributed by atoms with Crippen LogP contribution in [0.4, 0.5) is 0 Å². The Morgan fingerprint density at radius 3 is 2.53 bits per heavy atom. The number of rotatable bonds is 4. The van der Waals surface area contributed by atoms with Crippen LogP contribution in [0.1, 0.15) is 33.9 Å². The molecular weight excluding hydrogens is 398 g/mol. The molecule has 6 heteroatoms. The number of aromatic nitrogens is 3. The van der Waals surface area contributed by atoms with E-state index in [-0.39, 0.29) is 5.91 Å². The second-order valence-corrected chi connectivity index (χ2v) is 8.81. The molecule has 1 amide bonds. The monoisotopic (exact) mass is 425 g/mol. The summed E-state index contributed by atoms with van der Waals surface area (Å²) in [6.45, 7) is 4.10. The first-order valence-electron chi connectivity index (χ1n) is 11.5. The Kier molecular flexibility index (Phi) is 4.80. The van der Waals surface area contributed by atoms with Gasteiger partial charge in [0.1, 0.15) is 5.69 Å². The van der Waals surface area contributed by atoms with E-state index >= 15 is 0 Å². The largest absolute Gasteiger partial charge is 0.351 e. The number of fused-ring (bicyclic) bond motifs is 2. The molecule has 0 bridgehead atoms. The molecule has 2 aliphatic rings. The number of hydrogen-bond donors (Lipinski definition) is 1. The van der Waals surface area contributed by atoms with Crippen LogP contribution in [0, 0.1) is 0 Å². The Balaban J connectivity index is 1.14. The van der Waals surface area contributed by atoms with E-state index in [0.29, 0.717) is 5.69 Å². The van der Waals surface area contributed by atoms with Crippen molar-refractivity contribution < 1.29 is 4.79 Å². The molecule has 1 fully saturated rings. The molecule has 0 spiro atoms. The number of para-hydroxylation sites is 2. The van der Waals surface area contributed by atoms with E-state index < -0.39 is 0 Å². The summed E-state index contributed by atoms with van der Waals surface area (Å²) in [5.41, 5.74) is 6.85. The van der Waals surface area contributed by atoms with Crippen molar-refractivity contribution in [1.29, 1.82) is 0 Å². The molecular formula is C26H27N5O. The van der Waals surface area contributed by atoms with E-state index in [0.717, 1.165) is 62.2 Å². The van der Waals surface area contributed by atoms with Gasteiger partial charge in [0.25, 0.3) is 5.91 Å². The highest BCUT2D eigenvalue weighted by Crippen LogP contribution is 2.29. The smallest absolute Gasteiger partial charge is 0.270 e. The van der Waals surface area contributed by atoms with E-state index in [2.05, 4.69) is 38.8 Å². The number of H-pyrrole nitrogens is 1. The molecule has 1 saturated heterocycles. The average molecular weight is 426 g/mol. The zero-order chi connectivity index (χ0) is 21.5. The maximum atomic E-state index is 13.0. The van der Waals surface area contributed by atoms with E-state index in [1.807, 2.05) is 41.3 Å². The summed E-state index contributed by atoms with van der Waals surface area (Å²) < 4.78 is 2.15. The molecule has 0 unspecified atom stereocenters. The second-order valence-electron chi connectivity index (χ2n) is 8.81. The van der Waals surface area contributed by atoms with Crippen molar-refractivity contribution in [2.45, 2.75) is 25.8 Å². The van der Waals surface area contributed by atoms with Gasteiger partial charge in [0.05, 0.1) is 11.4 Å². The molecule has 162 valence electrons. The van der Waals surface area contributed by atoms with E-state index in [1.54, 1.807) is 0 Å². The van der Waals surface area contributed by atoms with Crippen LogP contribution in [0.5, 0.6) is 0 Å². The van der Waals surface area contributed by atoms with E-state index in [4.69, 9.17) is 5.10 Å². The maximum absolute atomic E-state index is 13.0. The Hall–Kier alpha value is -3.38. The van der Waals surface area contributed by atoms with E-state index in [9.17, 15) is 4.79 Å². The van der Waals surface area contributed by atoms with Gasteiger partial charge in [-0.15, -0.1) is 0 Å². The summed E-state index contributed by atoms with van der Waals surface area (Å²) >= 11 is 0. The Morgan fingerprint density at radius 2 is 1.72 bits per heavy atom. The first-order valence-corrected chi connectivity index (χ1v) is 11.5. The van der Waals surface area contributed by atoms with Crippen molar-refractivity contribution in [3.63, 3.8) is 0 Å². The summed E-state index contributed by atoms with van der Waals surface area (Å²) in [7, 11) is 0. The quantitative estimate of drug-likeness (QED) is 0.541. The highest BCUT2D eigenvalue weighted by Gasteiger charge is 2.27. The van der Waals surface area contributed by atoms with Crippen molar-refractivity contribution in [2.24, 2.45) is 0 Å². The first-order chi connectivity index (χ1) is 15.8. The topological polar surface area (TPSA) is 57.2 Å². The summed E-state index contributed by atoms with van der Waals surface area (Å²) in [6.07, 6.45) is 3.43. The highest BCUT2D eigenvalue weighted by atomic mass is 16.2. The molecule has 6 rings (SSSR count). The van der Waals surface area contributed by atoms with Gasteiger partial charge in [0.2, 0.25) is 0 Å². The van der Waals surface area contributed by atoms with Crippen LogP contribution in [0.3, 0.4) is 0 Å². The number of carbonyl (C=O) groups is 1. The van der Waals surface area contributed by atoms with Crippen molar-refractivity contribution >= 4 is 16.8 Å².